The van der Waals surface area contributed by atoms with Crippen molar-refractivity contribution in [3.05, 3.63) is 0 Å². The van der Waals surface area contributed by atoms with Crippen LogP contribution in [0, 0.1) is 0 Å². The Morgan fingerprint density at radius 2 is 2.21 bits per heavy atom. The summed E-state index contributed by atoms with van der Waals surface area (Å²) in [6.07, 6.45) is 0. The van der Waals surface area contributed by atoms with Gasteiger partial charge in [-0.15, -0.1) is 0 Å². The zero-order chi connectivity index (χ0) is 9.80. The summed E-state index contributed by atoms with van der Waals surface area (Å²) in [5.74, 6) is 0. The lowest BCUT2D eigenvalue weighted by molar-refractivity contribution is 0.0108. The molecule has 2 aliphatic rings. The number of piperazine rings is 1. The van der Waals surface area contributed by atoms with E-state index >= 15 is 0 Å². The summed E-state index contributed by atoms with van der Waals surface area (Å²) in [6.45, 7) is 9.23. The van der Waals surface area contributed by atoms with E-state index < -0.39 is 0 Å². The minimum atomic E-state index is 0.474. The molecule has 2 fully saturated rings. The lowest BCUT2D eigenvalue weighted by Gasteiger charge is -2.38. The Hall–Kier alpha value is -0.160. The second-order valence-corrected chi connectivity index (χ2v) is 4.07. The zero-order valence-electron chi connectivity index (χ0n) is 8.91. The van der Waals surface area contributed by atoms with Gasteiger partial charge in [-0.2, -0.15) is 0 Å². The predicted molar refractivity (Wildman–Crippen MR) is 55.5 cm³/mol. The Morgan fingerprint density at radius 3 is 2.86 bits per heavy atom. The first-order valence-electron chi connectivity index (χ1n) is 5.57. The van der Waals surface area contributed by atoms with E-state index in [0.29, 0.717) is 12.1 Å². The van der Waals surface area contributed by atoms with Crippen molar-refractivity contribution in [3.8, 4) is 0 Å². The van der Waals surface area contributed by atoms with Crippen molar-refractivity contribution in [2.75, 3.05) is 45.9 Å². The molecule has 0 spiro atoms. The molecule has 1 radical (unpaired) electrons. The minimum absolute atomic E-state index is 0.474. The Bertz CT molecular complexity index is 147. The SMILES string of the molecule is CC(C1CNCC[N]1)N1CCOCC1. The highest BCUT2D eigenvalue weighted by atomic mass is 16.5. The molecule has 0 aromatic heterocycles. The van der Waals surface area contributed by atoms with Crippen LogP contribution >= 0.6 is 0 Å². The van der Waals surface area contributed by atoms with E-state index in [0.717, 1.165) is 45.9 Å². The van der Waals surface area contributed by atoms with Crippen LogP contribution < -0.4 is 10.6 Å². The fraction of sp³-hybridized carbons (Fsp3) is 1.00. The number of hydrogen-bond acceptors (Lipinski definition) is 3. The normalized spacial score (nSPS) is 32.8. The van der Waals surface area contributed by atoms with Crippen LogP contribution in [0.2, 0.25) is 0 Å². The molecule has 81 valence electrons. The van der Waals surface area contributed by atoms with Crippen molar-refractivity contribution < 1.29 is 4.74 Å². The first-order valence-corrected chi connectivity index (χ1v) is 5.57. The van der Waals surface area contributed by atoms with E-state index in [-0.39, 0.29) is 0 Å². The van der Waals surface area contributed by atoms with E-state index in [4.69, 9.17) is 4.74 Å². The number of nitrogens with one attached hydrogen (secondary N) is 1. The molecule has 4 heteroatoms. The van der Waals surface area contributed by atoms with Crippen LogP contribution in [-0.2, 0) is 4.74 Å². The van der Waals surface area contributed by atoms with Gasteiger partial charge in [-0.3, -0.25) is 4.90 Å². The van der Waals surface area contributed by atoms with Gasteiger partial charge >= 0.3 is 0 Å². The maximum atomic E-state index is 5.35. The molecule has 2 saturated heterocycles. The Labute approximate surface area is 86.0 Å². The Balaban J connectivity index is 1.82. The Morgan fingerprint density at radius 1 is 1.43 bits per heavy atom. The molecular formula is C10H20N3O. The van der Waals surface area contributed by atoms with E-state index in [1.54, 1.807) is 0 Å². The molecule has 1 N–H and O–H groups in total. The van der Waals surface area contributed by atoms with Crippen molar-refractivity contribution in [2.45, 2.75) is 19.0 Å². The maximum absolute atomic E-state index is 5.35. The molecule has 0 aromatic carbocycles. The third kappa shape index (κ3) is 2.45. The maximum Gasteiger partial charge on any atom is 0.0594 e. The highest BCUT2D eigenvalue weighted by molar-refractivity contribution is 4.86. The van der Waals surface area contributed by atoms with Crippen molar-refractivity contribution in [1.82, 2.24) is 15.5 Å². The molecule has 0 bridgehead atoms. The molecule has 2 heterocycles. The zero-order valence-corrected chi connectivity index (χ0v) is 8.91. The number of rotatable bonds is 2. The summed E-state index contributed by atoms with van der Waals surface area (Å²) in [6, 6.07) is 1.04. The average Bonchev–Trinajstić information content (AvgIpc) is 2.30. The Kier molecular flexibility index (Phi) is 3.75. The second-order valence-electron chi connectivity index (χ2n) is 4.07. The van der Waals surface area contributed by atoms with Gasteiger partial charge in [0.15, 0.2) is 0 Å². The van der Waals surface area contributed by atoms with Crippen molar-refractivity contribution >= 4 is 0 Å². The van der Waals surface area contributed by atoms with Gasteiger partial charge in [0.25, 0.3) is 0 Å². The summed E-state index contributed by atoms with van der Waals surface area (Å²) in [5.41, 5.74) is 0. The molecule has 0 amide bonds. The lowest BCUT2D eigenvalue weighted by atomic mass is 10.1. The van der Waals surface area contributed by atoms with Crippen LogP contribution in [-0.4, -0.2) is 62.9 Å². The lowest BCUT2D eigenvalue weighted by Crippen LogP contribution is -2.56. The van der Waals surface area contributed by atoms with E-state index in [1.807, 2.05) is 0 Å². The van der Waals surface area contributed by atoms with Crippen LogP contribution in [0.4, 0.5) is 0 Å². The van der Waals surface area contributed by atoms with E-state index in [1.165, 1.54) is 0 Å². The molecule has 14 heavy (non-hydrogen) atoms. The number of ether oxygens (including phenoxy) is 1. The second kappa shape index (κ2) is 5.07. The standard InChI is InChI=1S/C10H20N3O/c1-9(10-8-11-2-3-12-10)13-4-6-14-7-5-13/h9-11H,2-8H2,1H3. The van der Waals surface area contributed by atoms with Crippen molar-refractivity contribution in [2.24, 2.45) is 0 Å². The predicted octanol–water partition coefficient (Wildman–Crippen LogP) is -0.717. The summed E-state index contributed by atoms with van der Waals surface area (Å²) in [7, 11) is 0. The molecule has 0 aliphatic carbocycles. The fourth-order valence-corrected chi connectivity index (χ4v) is 2.18. The molecule has 0 saturated carbocycles. The van der Waals surface area contributed by atoms with Crippen LogP contribution in [0.3, 0.4) is 0 Å². The molecule has 4 nitrogen and oxygen atoms in total. The van der Waals surface area contributed by atoms with Crippen LogP contribution in [0.1, 0.15) is 6.92 Å². The van der Waals surface area contributed by atoms with Crippen molar-refractivity contribution in [1.29, 1.82) is 0 Å². The number of hydrogen-bond donors (Lipinski definition) is 1. The van der Waals surface area contributed by atoms with Gasteiger partial charge < -0.3 is 10.1 Å². The molecule has 2 aliphatic heterocycles. The summed E-state index contributed by atoms with van der Waals surface area (Å²) in [4.78, 5) is 2.49. The molecule has 2 rings (SSSR count). The van der Waals surface area contributed by atoms with Gasteiger partial charge in [0.2, 0.25) is 0 Å². The van der Waals surface area contributed by atoms with Gasteiger partial charge in [-0.05, 0) is 6.92 Å². The summed E-state index contributed by atoms with van der Waals surface area (Å²) >= 11 is 0. The third-order valence-electron chi connectivity index (χ3n) is 3.18. The quantitative estimate of drug-likeness (QED) is 0.636. The van der Waals surface area contributed by atoms with Crippen molar-refractivity contribution in [3.63, 3.8) is 0 Å². The smallest absolute Gasteiger partial charge is 0.0594 e. The first-order chi connectivity index (χ1) is 6.88. The minimum Gasteiger partial charge on any atom is -0.379 e. The topological polar surface area (TPSA) is 38.6 Å². The van der Waals surface area contributed by atoms with E-state index in [2.05, 4.69) is 22.5 Å². The highest BCUT2D eigenvalue weighted by Gasteiger charge is 2.26. The molecule has 0 aromatic rings. The average molecular weight is 198 g/mol. The molecule has 2 atom stereocenters. The monoisotopic (exact) mass is 198 g/mol. The third-order valence-corrected chi connectivity index (χ3v) is 3.18. The van der Waals surface area contributed by atoms with Gasteiger partial charge in [-0.1, -0.05) is 0 Å². The van der Waals surface area contributed by atoms with Crippen LogP contribution in [0.25, 0.3) is 0 Å². The van der Waals surface area contributed by atoms with Gasteiger partial charge in [0, 0.05) is 38.8 Å². The highest BCUT2D eigenvalue weighted by Crippen LogP contribution is 2.09. The van der Waals surface area contributed by atoms with Crippen LogP contribution in [0.5, 0.6) is 0 Å². The van der Waals surface area contributed by atoms with E-state index in [9.17, 15) is 0 Å². The van der Waals surface area contributed by atoms with Crippen LogP contribution in [0.15, 0.2) is 0 Å². The fourth-order valence-electron chi connectivity index (χ4n) is 2.18. The molecule has 2 unspecified atom stereocenters. The number of nitrogens with zero attached hydrogens (tertiary/aromatic N) is 2. The first kappa shape index (κ1) is 10.4. The summed E-state index contributed by atoms with van der Waals surface area (Å²) < 4.78 is 5.35. The van der Waals surface area contributed by atoms with Gasteiger partial charge in [0.1, 0.15) is 0 Å². The number of morpholine rings is 1. The van der Waals surface area contributed by atoms with Gasteiger partial charge in [-0.25, -0.2) is 5.32 Å². The summed E-state index contributed by atoms with van der Waals surface area (Å²) in [5, 5.41) is 8.06. The van der Waals surface area contributed by atoms with Gasteiger partial charge in [0.05, 0.1) is 19.3 Å². The largest absolute Gasteiger partial charge is 0.379 e. The molecular weight excluding hydrogens is 178 g/mol.